The normalized spacial score (nSPS) is 12.2. The molecule has 1 atom stereocenters. The molecule has 0 bridgehead atoms. The molecule has 2 rings (SSSR count). The highest BCUT2D eigenvalue weighted by Crippen LogP contribution is 2.26. The lowest BCUT2D eigenvalue weighted by molar-refractivity contribution is 0.0510. The number of rotatable bonds is 6. The van der Waals surface area contributed by atoms with Crippen LogP contribution in [0.3, 0.4) is 0 Å². The van der Waals surface area contributed by atoms with E-state index in [-0.39, 0.29) is 12.8 Å². The van der Waals surface area contributed by atoms with Crippen molar-refractivity contribution in [2.45, 2.75) is 12.5 Å². The van der Waals surface area contributed by atoms with Crippen LogP contribution in [-0.4, -0.2) is 13.9 Å². The Bertz CT molecular complexity index is 605. The van der Waals surface area contributed by atoms with Gasteiger partial charge in [-0.25, -0.2) is 0 Å². The van der Waals surface area contributed by atoms with Crippen molar-refractivity contribution in [1.82, 2.24) is 0 Å². The molecular weight excluding hydrogens is 309 g/mol. The Hall–Kier alpha value is -1.26. The van der Waals surface area contributed by atoms with E-state index in [0.717, 1.165) is 16.9 Å². The molecule has 2 aromatic rings. The lowest BCUT2D eigenvalue weighted by Gasteiger charge is -2.14. The van der Waals surface area contributed by atoms with Crippen LogP contribution >= 0.6 is 23.2 Å². The highest BCUT2D eigenvalue weighted by Gasteiger charge is 2.09. The van der Waals surface area contributed by atoms with Crippen molar-refractivity contribution in [3.05, 3.63) is 63.6 Å². The van der Waals surface area contributed by atoms with E-state index in [0.29, 0.717) is 16.5 Å². The van der Waals surface area contributed by atoms with Crippen LogP contribution in [0.4, 0.5) is 0 Å². The molecule has 0 fully saturated rings. The maximum absolute atomic E-state index is 6.25. The predicted molar refractivity (Wildman–Crippen MR) is 86.0 cm³/mol. The number of hydrogen-bond acceptors (Lipinski definition) is 3. The summed E-state index contributed by atoms with van der Waals surface area (Å²) >= 11 is 11.9. The maximum atomic E-state index is 6.25. The molecule has 0 spiro atoms. The Morgan fingerprint density at radius 1 is 1.10 bits per heavy atom. The number of ether oxygens (including phenoxy) is 2. The smallest absolute Gasteiger partial charge is 0.188 e. The minimum absolute atomic E-state index is 0.145. The van der Waals surface area contributed by atoms with Crippen molar-refractivity contribution in [2.24, 2.45) is 5.73 Å². The molecule has 112 valence electrons. The topological polar surface area (TPSA) is 44.5 Å². The van der Waals surface area contributed by atoms with Crippen molar-refractivity contribution >= 4 is 23.2 Å². The molecule has 0 heterocycles. The molecule has 0 aromatic heterocycles. The van der Waals surface area contributed by atoms with E-state index < -0.39 is 0 Å². The molecule has 5 heteroatoms. The summed E-state index contributed by atoms with van der Waals surface area (Å²) in [4.78, 5) is 0. The zero-order chi connectivity index (χ0) is 15.2. The molecule has 0 radical (unpaired) electrons. The molecule has 1 unspecified atom stereocenters. The van der Waals surface area contributed by atoms with E-state index in [9.17, 15) is 0 Å². The Balaban J connectivity index is 2.08. The minimum atomic E-state index is -0.145. The lowest BCUT2D eigenvalue weighted by Crippen LogP contribution is -2.13. The van der Waals surface area contributed by atoms with Crippen LogP contribution in [0.15, 0.2) is 42.5 Å². The van der Waals surface area contributed by atoms with Crippen LogP contribution in [0.5, 0.6) is 5.75 Å². The van der Waals surface area contributed by atoms with Crippen molar-refractivity contribution in [1.29, 1.82) is 0 Å². The maximum Gasteiger partial charge on any atom is 0.188 e. The molecule has 2 N–H and O–H groups in total. The molecule has 0 amide bonds. The van der Waals surface area contributed by atoms with Gasteiger partial charge in [0.2, 0.25) is 0 Å². The summed E-state index contributed by atoms with van der Waals surface area (Å²) < 4.78 is 10.3. The quantitative estimate of drug-likeness (QED) is 0.809. The fraction of sp³-hybridized carbons (Fsp3) is 0.250. The van der Waals surface area contributed by atoms with E-state index in [1.165, 1.54) is 0 Å². The summed E-state index contributed by atoms with van der Waals surface area (Å²) in [6.45, 7) is 0.214. The fourth-order valence-electron chi connectivity index (χ4n) is 2.00. The largest absolute Gasteiger partial charge is 0.468 e. The second kappa shape index (κ2) is 7.66. The Morgan fingerprint density at radius 3 is 2.62 bits per heavy atom. The monoisotopic (exact) mass is 325 g/mol. The highest BCUT2D eigenvalue weighted by atomic mass is 35.5. The molecule has 0 aliphatic rings. The van der Waals surface area contributed by atoms with E-state index in [4.69, 9.17) is 38.4 Å². The molecule has 0 saturated carbocycles. The average Bonchev–Trinajstić information content (AvgIpc) is 2.49. The first-order chi connectivity index (χ1) is 10.1. The zero-order valence-corrected chi connectivity index (χ0v) is 13.2. The van der Waals surface area contributed by atoms with E-state index in [1.807, 2.05) is 36.4 Å². The van der Waals surface area contributed by atoms with E-state index in [2.05, 4.69) is 0 Å². The summed E-state index contributed by atoms with van der Waals surface area (Å²) in [5.41, 5.74) is 8.29. The summed E-state index contributed by atoms with van der Waals surface area (Å²) in [5, 5.41) is 1.09. The fourth-order valence-corrected chi connectivity index (χ4v) is 2.32. The van der Waals surface area contributed by atoms with Crippen molar-refractivity contribution in [3.63, 3.8) is 0 Å². The third kappa shape index (κ3) is 4.61. The van der Waals surface area contributed by atoms with Crippen molar-refractivity contribution in [3.8, 4) is 5.75 Å². The molecule has 0 saturated heterocycles. The average molecular weight is 326 g/mol. The Morgan fingerprint density at radius 2 is 1.90 bits per heavy atom. The molecule has 0 aliphatic heterocycles. The van der Waals surface area contributed by atoms with Gasteiger partial charge in [0.1, 0.15) is 5.75 Å². The third-order valence-electron chi connectivity index (χ3n) is 3.07. The van der Waals surface area contributed by atoms with Gasteiger partial charge in [0.15, 0.2) is 6.79 Å². The highest BCUT2D eigenvalue weighted by molar-refractivity contribution is 6.42. The van der Waals surface area contributed by atoms with Crippen LogP contribution in [-0.2, 0) is 11.2 Å². The van der Waals surface area contributed by atoms with Crippen LogP contribution in [0.25, 0.3) is 0 Å². The van der Waals surface area contributed by atoms with Crippen molar-refractivity contribution < 1.29 is 9.47 Å². The summed E-state index contributed by atoms with van der Waals surface area (Å²) in [6.07, 6.45) is 0.671. The predicted octanol–water partition coefficient (Wildman–Crippen LogP) is 4.22. The van der Waals surface area contributed by atoms with Gasteiger partial charge in [-0.05, 0) is 41.8 Å². The summed E-state index contributed by atoms with van der Waals surface area (Å²) in [5.74, 6) is 0.735. The Labute approximate surface area is 134 Å². The molecule has 3 nitrogen and oxygen atoms in total. The molecule has 2 aromatic carbocycles. The second-order valence-corrected chi connectivity index (χ2v) is 5.50. The molecular formula is C16H17Cl2NO2. The SMILES string of the molecule is COCOc1cccc(C(N)Cc2ccc(Cl)c(Cl)c2)c1. The van der Waals surface area contributed by atoms with Gasteiger partial charge in [0, 0.05) is 13.2 Å². The van der Waals surface area contributed by atoms with E-state index in [1.54, 1.807) is 13.2 Å². The van der Waals surface area contributed by atoms with Gasteiger partial charge in [-0.3, -0.25) is 0 Å². The summed E-state index contributed by atoms with van der Waals surface area (Å²) in [7, 11) is 1.58. The zero-order valence-electron chi connectivity index (χ0n) is 11.7. The minimum Gasteiger partial charge on any atom is -0.468 e. The first kappa shape index (κ1) is 16.1. The first-order valence-electron chi connectivity index (χ1n) is 6.51. The number of hydrogen-bond donors (Lipinski definition) is 1. The standard InChI is InChI=1S/C16H17Cl2NO2/c1-20-10-21-13-4-2-3-12(9-13)16(19)8-11-5-6-14(17)15(18)7-11/h2-7,9,16H,8,10,19H2,1H3. The van der Waals surface area contributed by atoms with Gasteiger partial charge in [0.05, 0.1) is 10.0 Å². The van der Waals surface area contributed by atoms with Gasteiger partial charge in [-0.15, -0.1) is 0 Å². The molecule has 21 heavy (non-hydrogen) atoms. The number of halogens is 2. The second-order valence-electron chi connectivity index (χ2n) is 4.68. The lowest BCUT2D eigenvalue weighted by atomic mass is 9.99. The van der Waals surface area contributed by atoms with Crippen LogP contribution in [0, 0.1) is 0 Å². The number of nitrogens with two attached hydrogens (primary N) is 1. The van der Waals surface area contributed by atoms with E-state index >= 15 is 0 Å². The molecule has 0 aliphatic carbocycles. The number of benzene rings is 2. The van der Waals surface area contributed by atoms with Gasteiger partial charge < -0.3 is 15.2 Å². The summed E-state index contributed by atoms with van der Waals surface area (Å²) in [6, 6.07) is 13.1. The number of methoxy groups -OCH3 is 1. The first-order valence-corrected chi connectivity index (χ1v) is 7.27. The third-order valence-corrected chi connectivity index (χ3v) is 3.81. The van der Waals surface area contributed by atoms with Crippen LogP contribution in [0.2, 0.25) is 10.0 Å². The van der Waals surface area contributed by atoms with Gasteiger partial charge in [0.25, 0.3) is 0 Å². The van der Waals surface area contributed by atoms with Crippen LogP contribution < -0.4 is 10.5 Å². The van der Waals surface area contributed by atoms with Gasteiger partial charge in [-0.1, -0.05) is 41.4 Å². The van der Waals surface area contributed by atoms with Crippen LogP contribution in [0.1, 0.15) is 17.2 Å². The van der Waals surface area contributed by atoms with Gasteiger partial charge in [-0.2, -0.15) is 0 Å². The Kier molecular flexibility index (Phi) is 5.88. The van der Waals surface area contributed by atoms with Crippen molar-refractivity contribution in [2.75, 3.05) is 13.9 Å². The van der Waals surface area contributed by atoms with Gasteiger partial charge >= 0.3 is 0 Å².